The number of piperidine rings is 2. The van der Waals surface area contributed by atoms with Gasteiger partial charge in [-0.15, -0.1) is 0 Å². The maximum atomic E-state index is 4.88. The topological polar surface area (TPSA) is 41.9 Å². The molecule has 0 spiro atoms. The highest BCUT2D eigenvalue weighted by Crippen LogP contribution is 2.50. The van der Waals surface area contributed by atoms with Crippen molar-refractivity contribution in [1.29, 1.82) is 0 Å². The SMILES string of the molecule is c1ccc(-c2nc(-c3ccccc3)nc(-c3ccc(N4C5CC6CC(C5)CC4C6)cc3)n2)cc1. The molecule has 2 aliphatic heterocycles. The zero-order valence-electron chi connectivity index (χ0n) is 19.2. The second-order valence-electron chi connectivity index (χ2n) is 10.2. The number of nitrogens with zero attached hydrogens (tertiary/aromatic N) is 4. The Morgan fingerprint density at radius 1 is 0.471 bits per heavy atom. The molecule has 34 heavy (non-hydrogen) atoms. The first-order valence-corrected chi connectivity index (χ1v) is 12.6. The van der Waals surface area contributed by atoms with Crippen molar-refractivity contribution in [2.24, 2.45) is 11.8 Å². The maximum Gasteiger partial charge on any atom is 0.164 e. The van der Waals surface area contributed by atoms with Crippen LogP contribution in [0.25, 0.3) is 34.2 Å². The van der Waals surface area contributed by atoms with Crippen molar-refractivity contribution in [2.45, 2.75) is 44.2 Å². The molecule has 4 aromatic rings. The molecule has 3 heterocycles. The zero-order valence-corrected chi connectivity index (χ0v) is 19.2. The summed E-state index contributed by atoms with van der Waals surface area (Å²) in [4.78, 5) is 17.3. The molecule has 3 aromatic carbocycles. The summed E-state index contributed by atoms with van der Waals surface area (Å²) in [7, 11) is 0. The van der Waals surface area contributed by atoms with Crippen LogP contribution in [0.2, 0.25) is 0 Å². The number of aromatic nitrogens is 3. The lowest BCUT2D eigenvalue weighted by molar-refractivity contribution is 0.0900. The minimum absolute atomic E-state index is 0.707. The summed E-state index contributed by atoms with van der Waals surface area (Å²) in [6.07, 6.45) is 6.99. The Bertz CT molecular complexity index is 1220. The summed E-state index contributed by atoms with van der Waals surface area (Å²) >= 11 is 0. The number of hydrogen-bond acceptors (Lipinski definition) is 4. The fraction of sp³-hybridized carbons (Fsp3) is 0.300. The normalized spacial score (nSPS) is 25.0. The van der Waals surface area contributed by atoms with Crippen LogP contribution >= 0.6 is 0 Å². The van der Waals surface area contributed by atoms with E-state index in [4.69, 9.17) is 15.0 Å². The van der Waals surface area contributed by atoms with Gasteiger partial charge in [0.25, 0.3) is 0 Å². The molecule has 168 valence electrons. The third-order valence-electron chi connectivity index (χ3n) is 8.00. The molecule has 2 saturated heterocycles. The molecule has 0 radical (unpaired) electrons. The summed E-state index contributed by atoms with van der Waals surface area (Å²) in [5, 5.41) is 0. The van der Waals surface area contributed by atoms with Gasteiger partial charge in [0, 0.05) is 34.5 Å². The van der Waals surface area contributed by atoms with Crippen LogP contribution < -0.4 is 4.90 Å². The second-order valence-corrected chi connectivity index (χ2v) is 10.2. The molecule has 0 atom stereocenters. The highest BCUT2D eigenvalue weighted by atomic mass is 15.2. The van der Waals surface area contributed by atoms with E-state index in [2.05, 4.69) is 53.4 Å². The van der Waals surface area contributed by atoms with E-state index in [0.29, 0.717) is 11.6 Å². The van der Waals surface area contributed by atoms with Gasteiger partial charge in [0.1, 0.15) is 0 Å². The number of benzene rings is 3. The molecule has 2 aliphatic carbocycles. The van der Waals surface area contributed by atoms with Crippen LogP contribution in [0, 0.1) is 11.8 Å². The molecule has 4 bridgehead atoms. The molecule has 4 fully saturated rings. The van der Waals surface area contributed by atoms with E-state index in [0.717, 1.165) is 46.4 Å². The van der Waals surface area contributed by atoms with Crippen LogP contribution in [0.3, 0.4) is 0 Å². The predicted molar refractivity (Wildman–Crippen MR) is 136 cm³/mol. The van der Waals surface area contributed by atoms with Gasteiger partial charge in [-0.1, -0.05) is 60.7 Å². The summed E-state index contributed by atoms with van der Waals surface area (Å²) in [6, 6.07) is 30.7. The van der Waals surface area contributed by atoms with Gasteiger partial charge in [0.15, 0.2) is 17.5 Å². The molecular weight excluding hydrogens is 416 g/mol. The molecule has 8 rings (SSSR count). The lowest BCUT2D eigenvalue weighted by Gasteiger charge is -2.57. The van der Waals surface area contributed by atoms with Crippen molar-refractivity contribution >= 4 is 5.69 Å². The highest BCUT2D eigenvalue weighted by molar-refractivity contribution is 5.68. The van der Waals surface area contributed by atoms with Gasteiger partial charge in [-0.2, -0.15) is 0 Å². The van der Waals surface area contributed by atoms with Crippen LogP contribution in [0.4, 0.5) is 5.69 Å². The fourth-order valence-electron chi connectivity index (χ4n) is 6.67. The Morgan fingerprint density at radius 2 is 0.882 bits per heavy atom. The third kappa shape index (κ3) is 3.49. The molecule has 0 amide bonds. The second kappa shape index (κ2) is 8.05. The van der Waals surface area contributed by atoms with Crippen molar-refractivity contribution in [3.8, 4) is 34.2 Å². The van der Waals surface area contributed by atoms with Gasteiger partial charge in [-0.3, -0.25) is 0 Å². The smallest absolute Gasteiger partial charge is 0.164 e. The first kappa shape index (κ1) is 19.9. The van der Waals surface area contributed by atoms with Gasteiger partial charge in [-0.05, 0) is 68.2 Å². The van der Waals surface area contributed by atoms with Gasteiger partial charge >= 0.3 is 0 Å². The van der Waals surface area contributed by atoms with Crippen LogP contribution in [0.1, 0.15) is 32.1 Å². The summed E-state index contributed by atoms with van der Waals surface area (Å²) in [5.41, 5.74) is 4.39. The minimum atomic E-state index is 0.707. The molecule has 4 heteroatoms. The Kier molecular flexibility index (Phi) is 4.71. The Labute approximate surface area is 200 Å². The van der Waals surface area contributed by atoms with Gasteiger partial charge in [0.2, 0.25) is 0 Å². The molecular formula is C30H28N4. The Hall–Kier alpha value is -3.53. The van der Waals surface area contributed by atoms with Crippen molar-refractivity contribution in [3.63, 3.8) is 0 Å². The highest BCUT2D eigenvalue weighted by Gasteiger charge is 2.46. The first-order chi connectivity index (χ1) is 16.8. The van der Waals surface area contributed by atoms with Crippen molar-refractivity contribution < 1.29 is 0 Å². The van der Waals surface area contributed by atoms with Crippen LogP contribution in [-0.4, -0.2) is 27.0 Å². The molecule has 4 nitrogen and oxygen atoms in total. The molecule has 1 aromatic heterocycles. The van der Waals surface area contributed by atoms with E-state index in [9.17, 15) is 0 Å². The molecule has 2 saturated carbocycles. The van der Waals surface area contributed by atoms with E-state index in [1.54, 1.807) is 0 Å². The largest absolute Gasteiger partial charge is 0.366 e. The molecule has 4 aliphatic rings. The predicted octanol–water partition coefficient (Wildman–Crippen LogP) is 6.64. The lowest BCUT2D eigenvalue weighted by atomic mass is 9.63. The van der Waals surface area contributed by atoms with Crippen LogP contribution in [-0.2, 0) is 0 Å². The average Bonchev–Trinajstić information content (AvgIpc) is 2.89. The van der Waals surface area contributed by atoms with Crippen LogP contribution in [0.5, 0.6) is 0 Å². The Morgan fingerprint density at radius 3 is 1.32 bits per heavy atom. The summed E-state index contributed by atoms with van der Waals surface area (Å²) < 4.78 is 0. The monoisotopic (exact) mass is 444 g/mol. The van der Waals surface area contributed by atoms with Gasteiger partial charge < -0.3 is 4.90 Å². The minimum Gasteiger partial charge on any atom is -0.366 e. The van der Waals surface area contributed by atoms with Crippen molar-refractivity contribution in [3.05, 3.63) is 84.9 Å². The van der Waals surface area contributed by atoms with E-state index < -0.39 is 0 Å². The van der Waals surface area contributed by atoms with Gasteiger partial charge in [0.05, 0.1) is 0 Å². The van der Waals surface area contributed by atoms with Crippen LogP contribution in [0.15, 0.2) is 84.9 Å². The zero-order chi connectivity index (χ0) is 22.5. The number of anilines is 1. The standard InChI is InChI=1S/C30H28N4/c1-3-7-22(8-4-1)28-31-29(23-9-5-2-6-10-23)33-30(32-28)24-11-13-25(14-12-24)34-26-16-20-15-21(18-26)19-27(34)17-20/h1-14,20-21,26-27H,15-19H2. The fourth-order valence-corrected chi connectivity index (χ4v) is 6.67. The molecule has 0 N–H and O–H groups in total. The number of rotatable bonds is 4. The van der Waals surface area contributed by atoms with Crippen molar-refractivity contribution in [2.75, 3.05) is 4.90 Å². The lowest BCUT2D eigenvalue weighted by Crippen LogP contribution is -2.58. The first-order valence-electron chi connectivity index (χ1n) is 12.6. The van der Waals surface area contributed by atoms with E-state index in [1.807, 2.05) is 36.4 Å². The third-order valence-corrected chi connectivity index (χ3v) is 8.00. The average molecular weight is 445 g/mol. The molecule has 0 unspecified atom stereocenters. The Balaban J connectivity index is 1.26. The van der Waals surface area contributed by atoms with E-state index in [1.165, 1.54) is 37.8 Å². The van der Waals surface area contributed by atoms with Crippen molar-refractivity contribution in [1.82, 2.24) is 15.0 Å². The van der Waals surface area contributed by atoms with E-state index in [-0.39, 0.29) is 0 Å². The van der Waals surface area contributed by atoms with Gasteiger partial charge in [-0.25, -0.2) is 15.0 Å². The summed E-state index contributed by atoms with van der Waals surface area (Å²) in [6.45, 7) is 0. The summed E-state index contributed by atoms with van der Waals surface area (Å²) in [5.74, 6) is 4.07. The quantitative estimate of drug-likeness (QED) is 0.354. The van der Waals surface area contributed by atoms with E-state index >= 15 is 0 Å². The maximum absolute atomic E-state index is 4.88. The number of hydrogen-bond donors (Lipinski definition) is 0.